The monoisotopic (exact) mass is 744 g/mol. The summed E-state index contributed by atoms with van der Waals surface area (Å²) >= 11 is 0. The van der Waals surface area contributed by atoms with Gasteiger partial charge in [0.25, 0.3) is 0 Å². The molecule has 0 spiro atoms. The lowest BCUT2D eigenvalue weighted by Gasteiger charge is -2.26. The van der Waals surface area contributed by atoms with Gasteiger partial charge in [0, 0.05) is 44.2 Å². The highest BCUT2D eigenvalue weighted by molar-refractivity contribution is 6.16. The van der Waals surface area contributed by atoms with Gasteiger partial charge in [0.1, 0.15) is 27.8 Å². The van der Waals surface area contributed by atoms with Crippen molar-refractivity contribution in [2.24, 2.45) is 0 Å². The van der Waals surface area contributed by atoms with Gasteiger partial charge in [-0.15, -0.1) is 0 Å². The predicted molar refractivity (Wildman–Crippen MR) is 237 cm³/mol. The van der Waals surface area contributed by atoms with Gasteiger partial charge in [-0.05, 0) is 100 Å². The summed E-state index contributed by atoms with van der Waals surface area (Å²) in [5.41, 5.74) is 13.0. The van der Waals surface area contributed by atoms with Gasteiger partial charge in [-0.3, -0.25) is 0 Å². The molecule has 0 unspecified atom stereocenters. The van der Waals surface area contributed by atoms with Gasteiger partial charge in [0.2, 0.25) is 5.89 Å². The molecule has 3 heterocycles. The molecule has 0 radical (unpaired) electrons. The first-order valence-electron chi connectivity index (χ1n) is 19.4. The van der Waals surface area contributed by atoms with Gasteiger partial charge >= 0.3 is 0 Å². The van der Waals surface area contributed by atoms with Crippen molar-refractivity contribution in [3.8, 4) is 33.7 Å². The highest BCUT2D eigenvalue weighted by atomic mass is 16.4. The van der Waals surface area contributed by atoms with E-state index in [1.807, 2.05) is 60.7 Å². The molecule has 0 aliphatic rings. The SMILES string of the molecule is c1ccc(-c2nc3cc4c(oc5ccccc54)c(-c4ccc(N(c5ccc(-c6cccc7ccccc67)cc5)c5ccc6oc7ccccc7c6c5)cc4)c3o2)cc1. The van der Waals surface area contributed by atoms with E-state index in [0.29, 0.717) is 11.5 Å². The van der Waals surface area contributed by atoms with Crippen molar-refractivity contribution >= 4 is 82.8 Å². The summed E-state index contributed by atoms with van der Waals surface area (Å²) in [6, 6.07) is 67.5. The molecule has 12 rings (SSSR count). The van der Waals surface area contributed by atoms with Gasteiger partial charge in [0.05, 0.1) is 5.56 Å². The fraction of sp³-hybridized carbons (Fsp3) is 0. The summed E-state index contributed by atoms with van der Waals surface area (Å²) in [4.78, 5) is 7.30. The van der Waals surface area contributed by atoms with E-state index in [1.54, 1.807) is 0 Å². The van der Waals surface area contributed by atoms with Crippen LogP contribution in [0.15, 0.2) is 207 Å². The summed E-state index contributed by atoms with van der Waals surface area (Å²) in [6.07, 6.45) is 0. The quantitative estimate of drug-likeness (QED) is 0.170. The van der Waals surface area contributed by atoms with Crippen molar-refractivity contribution in [1.82, 2.24) is 4.98 Å². The maximum absolute atomic E-state index is 6.61. The highest BCUT2D eigenvalue weighted by Crippen LogP contribution is 2.45. The Morgan fingerprint density at radius 1 is 0.362 bits per heavy atom. The first kappa shape index (κ1) is 32.4. The summed E-state index contributed by atoms with van der Waals surface area (Å²) in [6.45, 7) is 0. The lowest BCUT2D eigenvalue weighted by Crippen LogP contribution is -2.09. The van der Waals surface area contributed by atoms with Crippen LogP contribution in [0.25, 0.3) is 99.5 Å². The van der Waals surface area contributed by atoms with Crippen LogP contribution in [0.2, 0.25) is 0 Å². The van der Waals surface area contributed by atoms with E-state index in [1.165, 1.54) is 16.3 Å². The smallest absolute Gasteiger partial charge is 0.227 e. The van der Waals surface area contributed by atoms with Crippen LogP contribution in [0.5, 0.6) is 0 Å². The predicted octanol–water partition coefficient (Wildman–Crippen LogP) is 15.3. The highest BCUT2D eigenvalue weighted by Gasteiger charge is 2.23. The molecule has 272 valence electrons. The number of rotatable bonds is 6. The van der Waals surface area contributed by atoms with Crippen LogP contribution in [0.4, 0.5) is 17.1 Å². The molecular weight excluding hydrogens is 713 g/mol. The Morgan fingerprint density at radius 3 is 1.74 bits per heavy atom. The molecule has 5 heteroatoms. The normalized spacial score (nSPS) is 11.8. The van der Waals surface area contributed by atoms with E-state index in [2.05, 4.69) is 138 Å². The Bertz CT molecular complexity index is 3500. The average Bonchev–Trinajstić information content (AvgIpc) is 4.00. The number of oxazole rings is 1. The Hall–Kier alpha value is -7.89. The molecule has 0 aliphatic heterocycles. The molecule has 58 heavy (non-hydrogen) atoms. The molecule has 12 aromatic rings. The zero-order valence-corrected chi connectivity index (χ0v) is 31.1. The first-order chi connectivity index (χ1) is 28.7. The van der Waals surface area contributed by atoms with Crippen molar-refractivity contribution in [3.05, 3.63) is 194 Å². The van der Waals surface area contributed by atoms with Crippen LogP contribution >= 0.6 is 0 Å². The molecule has 0 saturated carbocycles. The van der Waals surface area contributed by atoms with Gasteiger partial charge in [-0.25, -0.2) is 4.98 Å². The molecule has 0 amide bonds. The van der Waals surface area contributed by atoms with Crippen molar-refractivity contribution in [2.75, 3.05) is 4.90 Å². The van der Waals surface area contributed by atoms with E-state index in [0.717, 1.165) is 88.7 Å². The van der Waals surface area contributed by atoms with E-state index in [9.17, 15) is 0 Å². The van der Waals surface area contributed by atoms with Crippen LogP contribution in [-0.2, 0) is 0 Å². The Labute approximate surface area is 332 Å². The lowest BCUT2D eigenvalue weighted by molar-refractivity contribution is 0.619. The Kier molecular flexibility index (Phi) is 7.16. The minimum Gasteiger partial charge on any atom is -0.456 e. The molecule has 3 aromatic heterocycles. The van der Waals surface area contributed by atoms with Crippen molar-refractivity contribution in [1.29, 1.82) is 0 Å². The molecule has 0 fully saturated rings. The summed E-state index contributed by atoms with van der Waals surface area (Å²) in [5, 5.41) is 6.67. The van der Waals surface area contributed by atoms with Gasteiger partial charge in [0.15, 0.2) is 5.58 Å². The minimum absolute atomic E-state index is 0.575. The molecule has 0 saturated heterocycles. The zero-order valence-electron chi connectivity index (χ0n) is 31.1. The van der Waals surface area contributed by atoms with Crippen LogP contribution in [0, 0.1) is 0 Å². The summed E-state index contributed by atoms with van der Waals surface area (Å²) in [7, 11) is 0. The number of anilines is 3. The molecule has 0 bridgehead atoms. The summed E-state index contributed by atoms with van der Waals surface area (Å²) < 4.78 is 19.5. The van der Waals surface area contributed by atoms with E-state index >= 15 is 0 Å². The second-order valence-corrected chi connectivity index (χ2v) is 14.7. The third-order valence-electron chi connectivity index (χ3n) is 11.3. The molecule has 5 nitrogen and oxygen atoms in total. The third-order valence-corrected chi connectivity index (χ3v) is 11.3. The maximum Gasteiger partial charge on any atom is 0.227 e. The molecule has 0 aliphatic carbocycles. The van der Waals surface area contributed by atoms with Crippen LogP contribution < -0.4 is 4.90 Å². The third kappa shape index (κ3) is 5.14. The van der Waals surface area contributed by atoms with E-state index in [4.69, 9.17) is 18.2 Å². The minimum atomic E-state index is 0.575. The number of para-hydroxylation sites is 2. The lowest BCUT2D eigenvalue weighted by atomic mass is 9.98. The second kappa shape index (κ2) is 12.8. The second-order valence-electron chi connectivity index (χ2n) is 14.7. The molecular formula is C53H32N2O3. The fourth-order valence-electron chi connectivity index (χ4n) is 8.55. The van der Waals surface area contributed by atoms with E-state index < -0.39 is 0 Å². The van der Waals surface area contributed by atoms with Crippen LogP contribution in [0.3, 0.4) is 0 Å². The molecule has 9 aromatic carbocycles. The summed E-state index contributed by atoms with van der Waals surface area (Å²) in [5.74, 6) is 0.575. The maximum atomic E-state index is 6.61. The van der Waals surface area contributed by atoms with Crippen LogP contribution in [-0.4, -0.2) is 4.98 Å². The number of benzene rings is 9. The number of nitrogens with zero attached hydrogens (tertiary/aromatic N) is 2. The number of furan rings is 2. The zero-order chi connectivity index (χ0) is 38.2. The first-order valence-corrected chi connectivity index (χ1v) is 19.4. The topological polar surface area (TPSA) is 55.6 Å². The number of fused-ring (bicyclic) bond motifs is 8. The Balaban J connectivity index is 1.02. The van der Waals surface area contributed by atoms with Crippen LogP contribution in [0.1, 0.15) is 0 Å². The number of aromatic nitrogens is 1. The molecule has 0 N–H and O–H groups in total. The molecule has 0 atom stereocenters. The van der Waals surface area contributed by atoms with Gasteiger partial charge in [-0.1, -0.05) is 121 Å². The average molecular weight is 745 g/mol. The number of hydrogen-bond donors (Lipinski definition) is 0. The standard InChI is InChI=1S/C53H32N2O3/c1-2-12-36(13-3-1)53-54-46-32-45-43-17-7-9-20-48(43)57-51(45)50(52(46)58-53)35-23-27-38(28-24-35)55(39-29-30-49-44(31-39)42-16-6-8-19-47(42)56-49)37-25-21-34(22-26-37)41-18-10-14-33-11-4-5-15-40(33)41/h1-32H. The number of hydrogen-bond acceptors (Lipinski definition) is 5. The van der Waals surface area contributed by atoms with Gasteiger partial charge < -0.3 is 18.2 Å². The Morgan fingerprint density at radius 2 is 0.966 bits per heavy atom. The largest absolute Gasteiger partial charge is 0.456 e. The van der Waals surface area contributed by atoms with E-state index in [-0.39, 0.29) is 0 Å². The van der Waals surface area contributed by atoms with Gasteiger partial charge in [-0.2, -0.15) is 0 Å². The van der Waals surface area contributed by atoms with Crippen molar-refractivity contribution in [3.63, 3.8) is 0 Å². The van der Waals surface area contributed by atoms with Crippen molar-refractivity contribution in [2.45, 2.75) is 0 Å². The van der Waals surface area contributed by atoms with Crippen molar-refractivity contribution < 1.29 is 13.3 Å². The fourth-order valence-corrected chi connectivity index (χ4v) is 8.55.